The molecule has 1 fully saturated rings. The van der Waals surface area contributed by atoms with Crippen LogP contribution >= 0.6 is 0 Å². The lowest BCUT2D eigenvalue weighted by Crippen LogP contribution is -2.27. The molecule has 0 spiro atoms. The number of rotatable bonds is 6. The van der Waals surface area contributed by atoms with Crippen molar-refractivity contribution in [2.75, 3.05) is 18.1 Å². The van der Waals surface area contributed by atoms with Gasteiger partial charge in [-0.25, -0.2) is 0 Å². The highest BCUT2D eigenvalue weighted by molar-refractivity contribution is 6.11. The van der Waals surface area contributed by atoms with Gasteiger partial charge in [0, 0.05) is 16.8 Å². The molecule has 3 aromatic rings. The van der Waals surface area contributed by atoms with Crippen LogP contribution in [-0.2, 0) is 10.2 Å². The van der Waals surface area contributed by atoms with E-state index in [2.05, 4.69) is 26.8 Å². The van der Waals surface area contributed by atoms with Crippen LogP contribution in [0.5, 0.6) is 5.75 Å². The Morgan fingerprint density at radius 3 is 2.20 bits per heavy atom. The molecule has 3 aromatic carbocycles. The van der Waals surface area contributed by atoms with Gasteiger partial charge in [0.15, 0.2) is 0 Å². The number of hydrogen-bond donors (Lipinski definition) is 0. The van der Waals surface area contributed by atoms with Crippen LogP contribution in [0, 0.1) is 0 Å². The third-order valence-corrected chi connectivity index (χ3v) is 5.10. The summed E-state index contributed by atoms with van der Waals surface area (Å²) in [4.78, 5) is 15.4. The van der Waals surface area contributed by atoms with E-state index in [1.165, 1.54) is 0 Å². The first kappa shape index (κ1) is 20.2. The summed E-state index contributed by atoms with van der Waals surface area (Å²) >= 11 is 0. The second kappa shape index (κ2) is 8.33. The molecule has 0 saturated carbocycles. The highest BCUT2D eigenvalue weighted by atomic mass is 16.6. The average molecular weight is 402 g/mol. The van der Waals surface area contributed by atoms with Crippen LogP contribution in [0.25, 0.3) is 0 Å². The van der Waals surface area contributed by atoms with Crippen molar-refractivity contribution in [3.8, 4) is 5.75 Å². The fraction of sp³-hybridized carbons (Fsp3) is 0.269. The number of amides is 1. The zero-order valence-corrected chi connectivity index (χ0v) is 17.7. The Bertz CT molecular complexity index is 1010. The predicted octanol–water partition coefficient (Wildman–Crippen LogP) is 5.74. The second-order valence-corrected chi connectivity index (χ2v) is 8.51. The zero-order valence-electron chi connectivity index (χ0n) is 17.7. The van der Waals surface area contributed by atoms with E-state index in [4.69, 9.17) is 9.47 Å². The number of hydrogen-bond acceptors (Lipinski definition) is 3. The quantitative estimate of drug-likeness (QED) is 0.495. The topological polar surface area (TPSA) is 42.1 Å². The Labute approximate surface area is 178 Å². The Balaban J connectivity index is 1.86. The molecule has 0 aromatic heterocycles. The van der Waals surface area contributed by atoms with E-state index in [0.717, 1.165) is 29.3 Å². The Hall–Kier alpha value is -3.11. The number of anilines is 2. The number of nitrogens with zero attached hydrogens (tertiary/aromatic N) is 1. The minimum atomic E-state index is -0.145. The number of benzene rings is 3. The minimum Gasteiger partial charge on any atom is -0.488 e. The monoisotopic (exact) mass is 401 g/mol. The van der Waals surface area contributed by atoms with Gasteiger partial charge in [-0.1, -0.05) is 69.3 Å². The van der Waals surface area contributed by atoms with Crippen molar-refractivity contribution in [1.82, 2.24) is 0 Å². The van der Waals surface area contributed by atoms with Gasteiger partial charge < -0.3 is 9.47 Å². The van der Waals surface area contributed by atoms with Crippen molar-refractivity contribution >= 4 is 17.3 Å². The predicted molar refractivity (Wildman–Crippen MR) is 120 cm³/mol. The van der Waals surface area contributed by atoms with Gasteiger partial charge in [-0.15, -0.1) is 0 Å². The third-order valence-electron chi connectivity index (χ3n) is 5.10. The van der Waals surface area contributed by atoms with E-state index in [0.29, 0.717) is 12.2 Å². The molecular weight excluding hydrogens is 374 g/mol. The molecule has 4 nitrogen and oxygen atoms in total. The van der Waals surface area contributed by atoms with Crippen LogP contribution < -0.4 is 9.64 Å². The third kappa shape index (κ3) is 4.39. The smallest absolute Gasteiger partial charge is 0.262 e. The molecule has 1 aliphatic rings. The molecule has 154 valence electrons. The Morgan fingerprint density at radius 1 is 0.967 bits per heavy atom. The molecule has 0 aliphatic carbocycles. The lowest BCUT2D eigenvalue weighted by Gasteiger charge is -2.30. The minimum absolute atomic E-state index is 0.0969. The van der Waals surface area contributed by atoms with Gasteiger partial charge >= 0.3 is 0 Å². The molecule has 1 atom stereocenters. The van der Waals surface area contributed by atoms with Gasteiger partial charge in [-0.05, 0) is 35.7 Å². The van der Waals surface area contributed by atoms with E-state index in [1.54, 1.807) is 4.90 Å². The molecule has 1 saturated heterocycles. The largest absolute Gasteiger partial charge is 0.488 e. The molecular formula is C26H27NO3. The maximum absolute atomic E-state index is 13.7. The van der Waals surface area contributed by atoms with Crippen molar-refractivity contribution in [2.45, 2.75) is 32.3 Å². The molecule has 1 amide bonds. The van der Waals surface area contributed by atoms with Crippen LogP contribution in [-0.4, -0.2) is 25.2 Å². The average Bonchev–Trinajstić information content (AvgIpc) is 3.58. The van der Waals surface area contributed by atoms with Gasteiger partial charge in [0.1, 0.15) is 18.5 Å². The molecule has 1 unspecified atom stereocenters. The number of epoxide rings is 1. The maximum atomic E-state index is 13.7. The van der Waals surface area contributed by atoms with Crippen molar-refractivity contribution < 1.29 is 14.3 Å². The highest BCUT2D eigenvalue weighted by Crippen LogP contribution is 2.42. The standard InChI is InChI=1S/C26H27NO3/c1-26(2,3)22-15-10-16-23(24(22)30-18-21-17-29-21)27(20-13-8-5-9-14-20)25(28)19-11-6-4-7-12-19/h4-16,21H,17-18H2,1-3H3. The van der Waals surface area contributed by atoms with Gasteiger partial charge in [0.2, 0.25) is 0 Å². The summed E-state index contributed by atoms with van der Waals surface area (Å²) in [6.45, 7) is 7.65. The van der Waals surface area contributed by atoms with E-state index in [9.17, 15) is 4.79 Å². The summed E-state index contributed by atoms with van der Waals surface area (Å²) in [5, 5.41) is 0. The van der Waals surface area contributed by atoms with Crippen LogP contribution in [0.3, 0.4) is 0 Å². The summed E-state index contributed by atoms with van der Waals surface area (Å²) < 4.78 is 11.6. The molecule has 0 radical (unpaired) electrons. The summed E-state index contributed by atoms with van der Waals surface area (Å²) in [6, 6.07) is 25.1. The lowest BCUT2D eigenvalue weighted by molar-refractivity contribution is 0.0998. The second-order valence-electron chi connectivity index (χ2n) is 8.51. The molecule has 1 aliphatic heterocycles. The first-order valence-electron chi connectivity index (χ1n) is 10.3. The van der Waals surface area contributed by atoms with E-state index >= 15 is 0 Å². The van der Waals surface area contributed by atoms with Gasteiger partial charge in [0.25, 0.3) is 5.91 Å². The summed E-state index contributed by atoms with van der Waals surface area (Å²) in [5.41, 5.74) is 3.07. The Kier molecular flexibility index (Phi) is 5.60. The van der Waals surface area contributed by atoms with Crippen molar-refractivity contribution in [1.29, 1.82) is 0 Å². The number of para-hydroxylation sites is 2. The van der Waals surface area contributed by atoms with Crippen LogP contribution in [0.2, 0.25) is 0 Å². The van der Waals surface area contributed by atoms with E-state index < -0.39 is 0 Å². The van der Waals surface area contributed by atoms with Gasteiger partial charge in [-0.3, -0.25) is 9.69 Å². The van der Waals surface area contributed by atoms with Crippen LogP contribution in [0.1, 0.15) is 36.7 Å². The lowest BCUT2D eigenvalue weighted by atomic mass is 9.85. The fourth-order valence-electron chi connectivity index (χ4n) is 3.44. The van der Waals surface area contributed by atoms with E-state index in [1.807, 2.05) is 72.8 Å². The fourth-order valence-corrected chi connectivity index (χ4v) is 3.44. The molecule has 1 heterocycles. The van der Waals surface area contributed by atoms with Crippen LogP contribution in [0.4, 0.5) is 11.4 Å². The summed E-state index contributed by atoms with van der Waals surface area (Å²) in [6.07, 6.45) is 0.126. The first-order valence-corrected chi connectivity index (χ1v) is 10.3. The normalized spacial score (nSPS) is 15.5. The Morgan fingerprint density at radius 2 is 1.60 bits per heavy atom. The van der Waals surface area contributed by atoms with Crippen molar-refractivity contribution in [3.63, 3.8) is 0 Å². The van der Waals surface area contributed by atoms with Gasteiger partial charge in [0.05, 0.1) is 12.3 Å². The molecule has 4 heteroatoms. The number of ether oxygens (including phenoxy) is 2. The summed E-state index contributed by atoms with van der Waals surface area (Å²) in [7, 11) is 0. The zero-order chi connectivity index (χ0) is 21.1. The highest BCUT2D eigenvalue weighted by Gasteiger charge is 2.30. The maximum Gasteiger partial charge on any atom is 0.262 e. The molecule has 0 bridgehead atoms. The molecule has 4 rings (SSSR count). The summed E-state index contributed by atoms with van der Waals surface area (Å²) in [5.74, 6) is 0.633. The van der Waals surface area contributed by atoms with Gasteiger partial charge in [-0.2, -0.15) is 0 Å². The number of carbonyl (C=O) groups is 1. The van der Waals surface area contributed by atoms with Crippen molar-refractivity contribution in [2.24, 2.45) is 0 Å². The van der Waals surface area contributed by atoms with E-state index in [-0.39, 0.29) is 17.4 Å². The van der Waals surface area contributed by atoms with Crippen molar-refractivity contribution in [3.05, 3.63) is 90.0 Å². The molecule has 0 N–H and O–H groups in total. The molecule has 30 heavy (non-hydrogen) atoms. The SMILES string of the molecule is CC(C)(C)c1cccc(N(C(=O)c2ccccc2)c2ccccc2)c1OCC1CO1. The van der Waals surface area contributed by atoms with Crippen LogP contribution in [0.15, 0.2) is 78.9 Å². The number of carbonyl (C=O) groups excluding carboxylic acids is 1. The first-order chi connectivity index (χ1) is 14.4.